The van der Waals surface area contributed by atoms with Gasteiger partial charge in [-0.3, -0.25) is 0 Å². The molecule has 4 heterocycles. The molecule has 6 nitrogen and oxygen atoms in total. The molecule has 4 aromatic heterocycles. The van der Waals surface area contributed by atoms with E-state index in [1.165, 1.54) is 0 Å². The normalized spacial score (nSPS) is 12.0. The molecule has 0 spiro atoms. The molecule has 0 saturated heterocycles. The lowest BCUT2D eigenvalue weighted by Crippen LogP contribution is -2.09. The van der Waals surface area contributed by atoms with E-state index in [9.17, 15) is 0 Å². The van der Waals surface area contributed by atoms with Crippen molar-refractivity contribution in [1.29, 1.82) is 0 Å². The van der Waals surface area contributed by atoms with Crippen molar-refractivity contribution in [2.24, 2.45) is 0 Å². The Morgan fingerprint density at radius 2 is 0.927 bits per heavy atom. The molecule has 0 aliphatic heterocycles. The second kappa shape index (κ2) is 11.5. The molecule has 0 bridgehead atoms. The number of aromatic nitrogens is 1. The monoisotopic (exact) mass is 708 g/mol. The summed E-state index contributed by atoms with van der Waals surface area (Å²) >= 11 is 0. The van der Waals surface area contributed by atoms with Gasteiger partial charge >= 0.3 is 0 Å². The van der Waals surface area contributed by atoms with Gasteiger partial charge in [0, 0.05) is 78.7 Å². The van der Waals surface area contributed by atoms with Crippen LogP contribution in [0.2, 0.25) is 0 Å². The van der Waals surface area contributed by atoms with E-state index in [0.29, 0.717) is 5.89 Å². The lowest BCUT2D eigenvalue weighted by Gasteiger charge is -2.25. The predicted molar refractivity (Wildman–Crippen MR) is 221 cm³/mol. The quantitative estimate of drug-likeness (QED) is 0.177. The number of hydrogen-bond donors (Lipinski definition) is 0. The van der Waals surface area contributed by atoms with Gasteiger partial charge < -0.3 is 22.6 Å². The summed E-state index contributed by atoms with van der Waals surface area (Å²) in [6.45, 7) is 0. The number of para-hydroxylation sites is 3. The highest BCUT2D eigenvalue weighted by Crippen LogP contribution is 2.43. The Kier molecular flexibility index (Phi) is 6.24. The third-order valence-corrected chi connectivity index (χ3v) is 10.7. The molecule has 0 unspecified atom stereocenters. The maximum atomic E-state index is 6.60. The average Bonchev–Trinajstić information content (AvgIpc) is 4.01. The van der Waals surface area contributed by atoms with Crippen molar-refractivity contribution in [1.82, 2.24) is 4.98 Å². The Balaban J connectivity index is 0.972. The maximum Gasteiger partial charge on any atom is 0.227 e. The van der Waals surface area contributed by atoms with Crippen molar-refractivity contribution in [3.8, 4) is 22.6 Å². The van der Waals surface area contributed by atoms with E-state index in [1.54, 1.807) is 0 Å². The van der Waals surface area contributed by atoms with Crippen LogP contribution in [0.5, 0.6) is 0 Å². The number of anilines is 3. The molecular formula is C49H28N2O4. The minimum absolute atomic E-state index is 0.595. The van der Waals surface area contributed by atoms with Gasteiger partial charge in [0.1, 0.15) is 39.0 Å². The maximum absolute atomic E-state index is 6.60. The van der Waals surface area contributed by atoms with E-state index >= 15 is 0 Å². The average molecular weight is 709 g/mol. The van der Waals surface area contributed by atoms with Crippen LogP contribution in [-0.4, -0.2) is 4.98 Å². The molecule has 0 amide bonds. The highest BCUT2D eigenvalue weighted by atomic mass is 16.4. The zero-order valence-electron chi connectivity index (χ0n) is 29.2. The van der Waals surface area contributed by atoms with E-state index in [2.05, 4.69) is 95.9 Å². The SMILES string of the molecule is c1ccc(-c2nc3cc4oc5c(-c6ccc(N(c7ccc8c(c7)oc7ccccc78)c7ccc8c(c7)oc7ccccc78)cc6)cccc5c4cc3o2)cc1. The minimum Gasteiger partial charge on any atom is -0.456 e. The van der Waals surface area contributed by atoms with Crippen LogP contribution in [-0.2, 0) is 0 Å². The number of furan rings is 3. The number of hydrogen-bond acceptors (Lipinski definition) is 6. The molecular weight excluding hydrogens is 681 g/mol. The summed E-state index contributed by atoms with van der Waals surface area (Å²) in [6.07, 6.45) is 0. The van der Waals surface area contributed by atoms with Gasteiger partial charge in [0.15, 0.2) is 5.58 Å². The van der Waals surface area contributed by atoms with Crippen LogP contribution in [0.4, 0.5) is 17.1 Å². The van der Waals surface area contributed by atoms with Crippen molar-refractivity contribution in [2.75, 3.05) is 4.90 Å². The molecule has 0 saturated carbocycles. The molecule has 55 heavy (non-hydrogen) atoms. The summed E-state index contributed by atoms with van der Waals surface area (Å²) in [7, 11) is 0. The molecule has 12 aromatic rings. The summed E-state index contributed by atoms with van der Waals surface area (Å²) in [5, 5.41) is 6.39. The molecule has 8 aromatic carbocycles. The van der Waals surface area contributed by atoms with E-state index in [0.717, 1.165) is 111 Å². The molecule has 12 rings (SSSR count). The van der Waals surface area contributed by atoms with Crippen molar-refractivity contribution in [3.05, 3.63) is 170 Å². The number of benzene rings is 8. The number of rotatable bonds is 5. The van der Waals surface area contributed by atoms with Crippen LogP contribution in [0.15, 0.2) is 188 Å². The second-order valence-electron chi connectivity index (χ2n) is 13.9. The van der Waals surface area contributed by atoms with Crippen molar-refractivity contribution in [3.63, 3.8) is 0 Å². The predicted octanol–water partition coefficient (Wildman–Crippen LogP) is 14.3. The van der Waals surface area contributed by atoms with Gasteiger partial charge in [-0.1, -0.05) is 84.9 Å². The van der Waals surface area contributed by atoms with Gasteiger partial charge in [0.05, 0.1) is 0 Å². The Morgan fingerprint density at radius 3 is 1.62 bits per heavy atom. The number of fused-ring (bicyclic) bond motifs is 10. The molecule has 0 atom stereocenters. The Labute approximate surface area is 313 Å². The lowest BCUT2D eigenvalue weighted by atomic mass is 10.0. The zero-order valence-corrected chi connectivity index (χ0v) is 29.2. The Hall–Kier alpha value is -7.57. The van der Waals surface area contributed by atoms with Crippen molar-refractivity contribution >= 4 is 94.0 Å². The van der Waals surface area contributed by atoms with Crippen LogP contribution in [0, 0.1) is 0 Å². The first-order valence-corrected chi connectivity index (χ1v) is 18.3. The first-order valence-electron chi connectivity index (χ1n) is 18.3. The highest BCUT2D eigenvalue weighted by Gasteiger charge is 2.20. The molecule has 0 aliphatic carbocycles. The fourth-order valence-corrected chi connectivity index (χ4v) is 8.09. The molecule has 0 N–H and O–H groups in total. The van der Waals surface area contributed by atoms with E-state index in [1.807, 2.05) is 78.9 Å². The third kappa shape index (κ3) is 4.65. The van der Waals surface area contributed by atoms with E-state index < -0.39 is 0 Å². The molecule has 6 heteroatoms. The lowest BCUT2D eigenvalue weighted by molar-refractivity contribution is 0.620. The van der Waals surface area contributed by atoms with Crippen LogP contribution >= 0.6 is 0 Å². The number of nitrogens with zero attached hydrogens (tertiary/aromatic N) is 2. The van der Waals surface area contributed by atoms with E-state index in [-0.39, 0.29) is 0 Å². The summed E-state index contributed by atoms with van der Waals surface area (Å²) < 4.78 is 25.5. The fraction of sp³-hybridized carbons (Fsp3) is 0. The van der Waals surface area contributed by atoms with Gasteiger partial charge in [0.25, 0.3) is 0 Å². The first-order chi connectivity index (χ1) is 27.2. The molecule has 0 radical (unpaired) electrons. The van der Waals surface area contributed by atoms with Crippen LogP contribution in [0.3, 0.4) is 0 Å². The standard InChI is InChI=1S/C49H28N2O4/c1-2-9-30(10-3-1)49-50-41-28-46-40(27-47(41)55-49)39-14-8-13-34(48(39)54-46)29-17-19-31(20-18-29)51(32-21-23-37-35-11-4-6-15-42(35)52-44(37)25-32)33-22-24-38-36-12-5-7-16-43(36)53-45(38)26-33/h1-28H. The summed E-state index contributed by atoms with van der Waals surface area (Å²) in [4.78, 5) is 7.02. The zero-order chi connectivity index (χ0) is 36.0. The van der Waals surface area contributed by atoms with Gasteiger partial charge in [-0.25, -0.2) is 4.98 Å². The number of oxazole rings is 1. The van der Waals surface area contributed by atoms with Crippen LogP contribution < -0.4 is 4.90 Å². The fourth-order valence-electron chi connectivity index (χ4n) is 8.09. The smallest absolute Gasteiger partial charge is 0.227 e. The van der Waals surface area contributed by atoms with Crippen molar-refractivity contribution in [2.45, 2.75) is 0 Å². The van der Waals surface area contributed by atoms with E-state index in [4.69, 9.17) is 22.7 Å². The Bertz CT molecular complexity index is 3330. The van der Waals surface area contributed by atoms with Crippen LogP contribution in [0.1, 0.15) is 0 Å². The molecule has 258 valence electrons. The molecule has 0 fully saturated rings. The largest absolute Gasteiger partial charge is 0.456 e. The first kappa shape index (κ1) is 29.9. The third-order valence-electron chi connectivity index (χ3n) is 10.7. The van der Waals surface area contributed by atoms with Gasteiger partial charge in [-0.15, -0.1) is 0 Å². The van der Waals surface area contributed by atoms with Gasteiger partial charge in [-0.05, 0) is 72.3 Å². The summed E-state index contributed by atoms with van der Waals surface area (Å²) in [5.41, 5.74) is 12.4. The van der Waals surface area contributed by atoms with Crippen LogP contribution in [0.25, 0.3) is 99.5 Å². The van der Waals surface area contributed by atoms with Gasteiger partial charge in [-0.2, -0.15) is 0 Å². The summed E-state index contributed by atoms with van der Waals surface area (Å²) in [5.74, 6) is 0.595. The molecule has 0 aliphatic rings. The highest BCUT2D eigenvalue weighted by molar-refractivity contribution is 6.13. The minimum atomic E-state index is 0.595. The Morgan fingerprint density at radius 1 is 0.345 bits per heavy atom. The van der Waals surface area contributed by atoms with Crippen molar-refractivity contribution < 1.29 is 17.7 Å². The topological polar surface area (TPSA) is 68.7 Å². The summed E-state index contributed by atoms with van der Waals surface area (Å²) in [6, 6.07) is 58.1. The van der Waals surface area contributed by atoms with Gasteiger partial charge in [0.2, 0.25) is 5.89 Å². The second-order valence-corrected chi connectivity index (χ2v) is 13.9.